The highest BCUT2D eigenvalue weighted by atomic mass is 16.1. The number of allylic oxidation sites excluding steroid dienone is 1. The Morgan fingerprint density at radius 2 is 1.81 bits per heavy atom. The lowest BCUT2D eigenvalue weighted by atomic mass is 9.89. The number of aldehydes is 1. The van der Waals surface area contributed by atoms with E-state index in [0.717, 1.165) is 36.0 Å². The van der Waals surface area contributed by atoms with Gasteiger partial charge >= 0.3 is 0 Å². The van der Waals surface area contributed by atoms with Crippen molar-refractivity contribution < 1.29 is 4.79 Å². The molecule has 0 aromatic heterocycles. The molecule has 1 fully saturated rings. The van der Waals surface area contributed by atoms with E-state index >= 15 is 0 Å². The Labute approximate surface area is 193 Å². The van der Waals surface area contributed by atoms with Gasteiger partial charge in [-0.05, 0) is 79.6 Å². The Bertz CT molecular complexity index is 969. The molecule has 3 rings (SSSR count). The van der Waals surface area contributed by atoms with Crippen LogP contribution >= 0.6 is 0 Å². The summed E-state index contributed by atoms with van der Waals surface area (Å²) in [6, 6.07) is 11.1. The van der Waals surface area contributed by atoms with Crippen LogP contribution in [0.15, 0.2) is 36.5 Å². The molecule has 4 nitrogen and oxygen atoms in total. The minimum atomic E-state index is 0.629. The molecule has 4 heteroatoms. The molecule has 0 atom stereocenters. The normalized spacial score (nSPS) is 15.1. The van der Waals surface area contributed by atoms with E-state index < -0.39 is 0 Å². The van der Waals surface area contributed by atoms with Crippen LogP contribution in [0.2, 0.25) is 0 Å². The molecule has 0 bridgehead atoms. The molecule has 170 valence electrons. The SMILES string of the molecule is CN/C=C(\C=N)c1ccc(Cc2cc(C=O)c(CN(C)C3CCCCC3)c(C)c2C)cc1. The molecule has 0 aliphatic heterocycles. The van der Waals surface area contributed by atoms with Crippen molar-refractivity contribution in [1.82, 2.24) is 10.2 Å². The van der Waals surface area contributed by atoms with Crippen LogP contribution in [0.4, 0.5) is 0 Å². The van der Waals surface area contributed by atoms with Crippen LogP contribution in [0, 0.1) is 19.3 Å². The zero-order valence-corrected chi connectivity index (χ0v) is 20.0. The average molecular weight is 432 g/mol. The quantitative estimate of drug-likeness (QED) is 0.397. The summed E-state index contributed by atoms with van der Waals surface area (Å²) in [6.45, 7) is 5.18. The molecule has 0 radical (unpaired) electrons. The smallest absolute Gasteiger partial charge is 0.150 e. The molecule has 32 heavy (non-hydrogen) atoms. The van der Waals surface area contributed by atoms with Crippen molar-refractivity contribution in [2.24, 2.45) is 0 Å². The second kappa shape index (κ2) is 11.2. The third kappa shape index (κ3) is 5.55. The van der Waals surface area contributed by atoms with Crippen molar-refractivity contribution in [3.63, 3.8) is 0 Å². The molecular weight excluding hydrogens is 394 g/mol. The summed E-state index contributed by atoms with van der Waals surface area (Å²) >= 11 is 0. The zero-order chi connectivity index (χ0) is 23.1. The van der Waals surface area contributed by atoms with Crippen LogP contribution < -0.4 is 5.32 Å². The molecule has 2 aromatic carbocycles. The van der Waals surface area contributed by atoms with Gasteiger partial charge in [-0.25, -0.2) is 0 Å². The Morgan fingerprint density at radius 3 is 2.41 bits per heavy atom. The van der Waals surface area contributed by atoms with Crippen LogP contribution in [0.3, 0.4) is 0 Å². The molecule has 1 aliphatic carbocycles. The molecule has 1 aliphatic rings. The largest absolute Gasteiger partial charge is 0.393 e. The minimum absolute atomic E-state index is 0.629. The van der Waals surface area contributed by atoms with Crippen molar-refractivity contribution in [2.45, 2.75) is 65.0 Å². The third-order valence-electron chi connectivity index (χ3n) is 7.04. The maximum Gasteiger partial charge on any atom is 0.150 e. The molecule has 2 N–H and O–H groups in total. The summed E-state index contributed by atoms with van der Waals surface area (Å²) < 4.78 is 0. The second-order valence-corrected chi connectivity index (χ2v) is 9.08. The Kier molecular flexibility index (Phi) is 8.40. The number of carbonyl (C=O) groups excluding carboxylic acids is 1. The van der Waals surface area contributed by atoms with E-state index in [4.69, 9.17) is 5.41 Å². The van der Waals surface area contributed by atoms with Gasteiger partial charge in [0.15, 0.2) is 0 Å². The maximum absolute atomic E-state index is 12.0. The number of hydrogen-bond acceptors (Lipinski definition) is 4. The van der Waals surface area contributed by atoms with Gasteiger partial charge in [-0.3, -0.25) is 9.69 Å². The lowest BCUT2D eigenvalue weighted by Crippen LogP contribution is -2.33. The lowest BCUT2D eigenvalue weighted by molar-refractivity contribution is 0.112. The molecule has 2 aromatic rings. The monoisotopic (exact) mass is 431 g/mol. The van der Waals surface area contributed by atoms with Gasteiger partial charge in [-0.2, -0.15) is 0 Å². The summed E-state index contributed by atoms with van der Waals surface area (Å²) in [7, 11) is 4.05. The van der Waals surface area contributed by atoms with Gasteiger partial charge in [0.25, 0.3) is 0 Å². The van der Waals surface area contributed by atoms with Crippen LogP contribution in [-0.4, -0.2) is 37.5 Å². The second-order valence-electron chi connectivity index (χ2n) is 9.08. The first-order valence-corrected chi connectivity index (χ1v) is 11.7. The van der Waals surface area contributed by atoms with Crippen molar-refractivity contribution in [3.05, 3.63) is 75.5 Å². The minimum Gasteiger partial charge on any atom is -0.393 e. The van der Waals surface area contributed by atoms with Crippen molar-refractivity contribution in [2.75, 3.05) is 14.1 Å². The van der Waals surface area contributed by atoms with E-state index in [9.17, 15) is 4.79 Å². The summed E-state index contributed by atoms with van der Waals surface area (Å²) in [5, 5.41) is 10.6. The Hall–Kier alpha value is -2.72. The summed E-state index contributed by atoms with van der Waals surface area (Å²) in [5.41, 5.74) is 8.80. The molecule has 0 unspecified atom stereocenters. The number of nitrogens with one attached hydrogen (secondary N) is 2. The van der Waals surface area contributed by atoms with E-state index in [0.29, 0.717) is 6.04 Å². The fourth-order valence-electron chi connectivity index (χ4n) is 4.86. The first-order valence-electron chi connectivity index (χ1n) is 11.7. The predicted octanol–water partition coefficient (Wildman–Crippen LogP) is 5.68. The lowest BCUT2D eigenvalue weighted by Gasteiger charge is -2.32. The highest BCUT2D eigenvalue weighted by Gasteiger charge is 2.21. The molecular formula is C28H37N3O. The van der Waals surface area contributed by atoms with Crippen LogP contribution in [-0.2, 0) is 13.0 Å². The molecule has 0 heterocycles. The molecule has 0 spiro atoms. The van der Waals surface area contributed by atoms with Gasteiger partial charge in [0.1, 0.15) is 6.29 Å². The van der Waals surface area contributed by atoms with Crippen molar-refractivity contribution >= 4 is 18.1 Å². The van der Waals surface area contributed by atoms with Gasteiger partial charge in [0.05, 0.1) is 0 Å². The van der Waals surface area contributed by atoms with E-state index in [1.165, 1.54) is 66.1 Å². The van der Waals surface area contributed by atoms with Gasteiger partial charge in [-0.1, -0.05) is 43.5 Å². The molecule has 1 saturated carbocycles. The first kappa shape index (κ1) is 23.9. The van der Waals surface area contributed by atoms with Crippen LogP contribution in [0.1, 0.15) is 75.8 Å². The fourth-order valence-corrected chi connectivity index (χ4v) is 4.86. The zero-order valence-electron chi connectivity index (χ0n) is 20.0. The third-order valence-corrected chi connectivity index (χ3v) is 7.04. The van der Waals surface area contributed by atoms with E-state index in [1.54, 1.807) is 0 Å². The standard InChI is InChI=1S/C28H37N3O/c1-20-21(2)28(18-31(4)27-8-6-5-7-9-27)25(19-32)15-24(20)14-22-10-12-23(13-11-22)26(16-29)17-30-3/h10-13,15-17,19,27,29-30H,5-9,14,18H2,1-4H3/b26-17+,29-16?. The number of rotatable bonds is 9. The van der Waals surface area contributed by atoms with Crippen molar-refractivity contribution in [1.29, 1.82) is 5.41 Å². The van der Waals surface area contributed by atoms with Crippen molar-refractivity contribution in [3.8, 4) is 0 Å². The summed E-state index contributed by atoms with van der Waals surface area (Å²) in [5.74, 6) is 0. The van der Waals surface area contributed by atoms with Gasteiger partial charge in [-0.15, -0.1) is 0 Å². The van der Waals surface area contributed by atoms with Gasteiger partial charge < -0.3 is 10.7 Å². The fraction of sp³-hybridized carbons (Fsp3) is 0.429. The number of carbonyl (C=O) groups is 1. The predicted molar refractivity (Wildman–Crippen MR) is 135 cm³/mol. The van der Waals surface area contributed by atoms with Crippen LogP contribution in [0.5, 0.6) is 0 Å². The maximum atomic E-state index is 12.0. The van der Waals surface area contributed by atoms with Gasteiger partial charge in [0.2, 0.25) is 0 Å². The highest BCUT2D eigenvalue weighted by Crippen LogP contribution is 2.28. The Balaban J connectivity index is 1.82. The number of hydrogen-bond donors (Lipinski definition) is 2. The molecule has 0 amide bonds. The van der Waals surface area contributed by atoms with Crippen LogP contribution in [0.25, 0.3) is 5.57 Å². The van der Waals surface area contributed by atoms with E-state index in [2.05, 4.69) is 61.4 Å². The summed E-state index contributed by atoms with van der Waals surface area (Å²) in [4.78, 5) is 14.5. The van der Waals surface area contributed by atoms with E-state index in [1.807, 2.05) is 13.2 Å². The topological polar surface area (TPSA) is 56.2 Å². The van der Waals surface area contributed by atoms with E-state index in [-0.39, 0.29) is 0 Å². The Morgan fingerprint density at radius 1 is 1.12 bits per heavy atom. The average Bonchev–Trinajstić information content (AvgIpc) is 2.83. The summed E-state index contributed by atoms with van der Waals surface area (Å²) in [6.07, 6.45) is 11.5. The molecule has 0 saturated heterocycles. The van der Waals surface area contributed by atoms with Gasteiger partial charge in [0, 0.05) is 43.2 Å². The first-order chi connectivity index (χ1) is 15.5. The number of benzene rings is 2. The number of nitrogens with zero attached hydrogens (tertiary/aromatic N) is 1. The highest BCUT2D eigenvalue weighted by molar-refractivity contribution is 6.08.